The van der Waals surface area contributed by atoms with E-state index in [4.69, 9.17) is 0 Å². The second-order valence-electron chi connectivity index (χ2n) is 5.41. The van der Waals surface area contributed by atoms with Crippen LogP contribution in [0.3, 0.4) is 0 Å². The summed E-state index contributed by atoms with van der Waals surface area (Å²) in [5.74, 6) is 0.374. The molecule has 0 radical (unpaired) electrons. The lowest BCUT2D eigenvalue weighted by molar-refractivity contribution is 0.0766. The number of hydrogen-bond acceptors (Lipinski definition) is 4. The van der Waals surface area contributed by atoms with Gasteiger partial charge in [0.25, 0.3) is 5.91 Å². The van der Waals surface area contributed by atoms with Crippen LogP contribution in [0.15, 0.2) is 12.4 Å². The molecule has 1 saturated heterocycles. The van der Waals surface area contributed by atoms with Gasteiger partial charge in [0.05, 0.1) is 11.9 Å². The van der Waals surface area contributed by atoms with Crippen molar-refractivity contribution in [3.8, 4) is 0 Å². The number of amides is 1. The summed E-state index contributed by atoms with van der Waals surface area (Å²) in [6, 6.07) is 0. The highest BCUT2D eigenvalue weighted by molar-refractivity contribution is 5.92. The van der Waals surface area contributed by atoms with Crippen LogP contribution in [0.1, 0.15) is 48.8 Å². The van der Waals surface area contributed by atoms with E-state index in [1.807, 2.05) is 20.0 Å². The van der Waals surface area contributed by atoms with Gasteiger partial charge >= 0.3 is 0 Å². The molecule has 1 aliphatic rings. The number of hydrogen-bond donors (Lipinski definition) is 0. The molecule has 0 bridgehead atoms. The Balaban J connectivity index is 2.17. The molecule has 2 rings (SSSR count). The second-order valence-corrected chi connectivity index (χ2v) is 5.41. The van der Waals surface area contributed by atoms with E-state index in [-0.39, 0.29) is 5.91 Å². The van der Waals surface area contributed by atoms with Gasteiger partial charge in [-0.15, -0.1) is 0 Å². The van der Waals surface area contributed by atoms with Crippen molar-refractivity contribution in [1.82, 2.24) is 19.8 Å². The molecule has 1 amide bonds. The van der Waals surface area contributed by atoms with Crippen molar-refractivity contribution in [3.05, 3.63) is 23.8 Å². The zero-order chi connectivity index (χ0) is 14.5. The summed E-state index contributed by atoms with van der Waals surface area (Å²) in [6.07, 6.45) is 5.69. The van der Waals surface area contributed by atoms with Crippen LogP contribution in [0.25, 0.3) is 0 Å². The third kappa shape index (κ3) is 3.33. The van der Waals surface area contributed by atoms with Crippen LogP contribution in [-0.2, 0) is 0 Å². The molecule has 0 aliphatic carbocycles. The average Bonchev–Trinajstić information content (AvgIpc) is 2.48. The van der Waals surface area contributed by atoms with Gasteiger partial charge in [-0.05, 0) is 40.3 Å². The van der Waals surface area contributed by atoms with E-state index in [0.29, 0.717) is 24.7 Å². The fourth-order valence-corrected chi connectivity index (χ4v) is 2.76. The quantitative estimate of drug-likeness (QED) is 0.841. The Morgan fingerprint density at radius 1 is 1.40 bits per heavy atom. The zero-order valence-electron chi connectivity index (χ0n) is 12.7. The Morgan fingerprint density at radius 3 is 2.80 bits per heavy atom. The molecule has 0 unspecified atom stereocenters. The molecule has 1 aliphatic heterocycles. The van der Waals surface area contributed by atoms with Gasteiger partial charge in [0.15, 0.2) is 0 Å². The van der Waals surface area contributed by atoms with Crippen LogP contribution in [0.5, 0.6) is 0 Å². The van der Waals surface area contributed by atoms with Crippen molar-refractivity contribution in [2.75, 3.05) is 33.2 Å². The maximum atomic E-state index is 12.3. The molecular formula is C15H24N4O. The molecule has 1 aromatic rings. The number of rotatable bonds is 4. The minimum absolute atomic E-state index is 0.0199. The van der Waals surface area contributed by atoms with Crippen LogP contribution in [-0.4, -0.2) is 58.9 Å². The number of carbonyl (C=O) groups excluding carboxylic acids is 1. The van der Waals surface area contributed by atoms with Gasteiger partial charge < -0.3 is 9.80 Å². The maximum absolute atomic E-state index is 12.3. The van der Waals surface area contributed by atoms with Crippen LogP contribution in [0.2, 0.25) is 0 Å². The lowest BCUT2D eigenvalue weighted by atomic mass is 9.95. The summed E-state index contributed by atoms with van der Waals surface area (Å²) < 4.78 is 0. The number of nitrogens with zero attached hydrogens (tertiary/aromatic N) is 4. The molecule has 20 heavy (non-hydrogen) atoms. The standard InChI is InChI=1S/C15H24N4O/c1-4-19(5-2)15(20)14-10-16-9-13(17-14)12-7-6-8-18(3)11-12/h9-10,12H,4-8,11H2,1-3H3/t12-/m0/s1. The molecule has 0 spiro atoms. The largest absolute Gasteiger partial charge is 0.338 e. The molecule has 5 heteroatoms. The lowest BCUT2D eigenvalue weighted by Crippen LogP contribution is -2.33. The Morgan fingerprint density at radius 2 is 2.15 bits per heavy atom. The summed E-state index contributed by atoms with van der Waals surface area (Å²) >= 11 is 0. The van der Waals surface area contributed by atoms with Crippen molar-refractivity contribution in [2.24, 2.45) is 0 Å². The number of likely N-dealkylation sites (N-methyl/N-ethyl adjacent to an activating group) is 1. The Kier molecular flexibility index (Phi) is 5.06. The van der Waals surface area contributed by atoms with Crippen molar-refractivity contribution in [1.29, 1.82) is 0 Å². The van der Waals surface area contributed by atoms with Crippen molar-refractivity contribution < 1.29 is 4.79 Å². The summed E-state index contributed by atoms with van der Waals surface area (Å²) in [4.78, 5) is 25.2. The monoisotopic (exact) mass is 276 g/mol. The highest BCUT2D eigenvalue weighted by atomic mass is 16.2. The predicted octanol–water partition coefficient (Wildman–Crippen LogP) is 1.77. The number of carbonyl (C=O) groups is 1. The third-order valence-corrected chi connectivity index (χ3v) is 3.97. The highest BCUT2D eigenvalue weighted by Crippen LogP contribution is 2.24. The molecule has 1 aromatic heterocycles. The molecule has 0 aromatic carbocycles. The van der Waals surface area contributed by atoms with Crippen LogP contribution in [0, 0.1) is 0 Å². The molecule has 110 valence electrons. The molecule has 2 heterocycles. The fraction of sp³-hybridized carbons (Fsp3) is 0.667. The first-order valence-corrected chi connectivity index (χ1v) is 7.45. The molecule has 1 atom stereocenters. The topological polar surface area (TPSA) is 49.3 Å². The molecule has 1 fully saturated rings. The van der Waals surface area contributed by atoms with E-state index in [2.05, 4.69) is 21.9 Å². The third-order valence-electron chi connectivity index (χ3n) is 3.97. The summed E-state index contributed by atoms with van der Waals surface area (Å²) in [7, 11) is 2.13. The average molecular weight is 276 g/mol. The van der Waals surface area contributed by atoms with Gasteiger partial charge in [-0.1, -0.05) is 0 Å². The van der Waals surface area contributed by atoms with Crippen LogP contribution in [0.4, 0.5) is 0 Å². The van der Waals surface area contributed by atoms with Gasteiger partial charge in [-0.25, -0.2) is 4.98 Å². The Labute approximate surface area is 121 Å². The van der Waals surface area contributed by atoms with Gasteiger partial charge in [0.1, 0.15) is 5.69 Å². The van der Waals surface area contributed by atoms with E-state index >= 15 is 0 Å². The first-order valence-electron chi connectivity index (χ1n) is 7.45. The number of likely N-dealkylation sites (tertiary alicyclic amines) is 1. The minimum Gasteiger partial charge on any atom is -0.338 e. The van der Waals surface area contributed by atoms with Crippen molar-refractivity contribution in [2.45, 2.75) is 32.6 Å². The summed E-state index contributed by atoms with van der Waals surface area (Å²) in [6.45, 7) is 7.50. The van der Waals surface area contributed by atoms with Gasteiger partial charge in [0, 0.05) is 31.7 Å². The normalized spacial score (nSPS) is 19.9. The zero-order valence-corrected chi connectivity index (χ0v) is 12.7. The van der Waals surface area contributed by atoms with E-state index in [1.54, 1.807) is 11.1 Å². The predicted molar refractivity (Wildman–Crippen MR) is 78.8 cm³/mol. The first-order chi connectivity index (χ1) is 9.65. The van der Waals surface area contributed by atoms with E-state index in [9.17, 15) is 4.79 Å². The Hall–Kier alpha value is -1.49. The lowest BCUT2D eigenvalue weighted by Gasteiger charge is -2.29. The maximum Gasteiger partial charge on any atom is 0.274 e. The fourth-order valence-electron chi connectivity index (χ4n) is 2.76. The van der Waals surface area contributed by atoms with Crippen LogP contribution >= 0.6 is 0 Å². The molecular weight excluding hydrogens is 252 g/mol. The number of piperidine rings is 1. The molecule has 0 saturated carbocycles. The van der Waals surface area contributed by atoms with E-state index < -0.39 is 0 Å². The molecule has 5 nitrogen and oxygen atoms in total. The molecule has 0 N–H and O–H groups in total. The van der Waals surface area contributed by atoms with E-state index in [1.165, 1.54) is 6.42 Å². The van der Waals surface area contributed by atoms with Gasteiger partial charge in [-0.3, -0.25) is 9.78 Å². The van der Waals surface area contributed by atoms with Crippen LogP contribution < -0.4 is 0 Å². The Bertz CT molecular complexity index is 459. The first kappa shape index (κ1) is 14.9. The summed E-state index contributed by atoms with van der Waals surface area (Å²) in [5.41, 5.74) is 1.42. The smallest absolute Gasteiger partial charge is 0.274 e. The van der Waals surface area contributed by atoms with Crippen molar-refractivity contribution >= 4 is 5.91 Å². The van der Waals surface area contributed by atoms with E-state index in [0.717, 1.165) is 25.2 Å². The van der Waals surface area contributed by atoms with Gasteiger partial charge in [-0.2, -0.15) is 0 Å². The second kappa shape index (κ2) is 6.79. The highest BCUT2D eigenvalue weighted by Gasteiger charge is 2.22. The SMILES string of the molecule is CCN(CC)C(=O)c1cncc([C@H]2CCCN(C)C2)n1. The van der Waals surface area contributed by atoms with Gasteiger partial charge in [0.2, 0.25) is 0 Å². The minimum atomic E-state index is -0.0199. The number of aromatic nitrogens is 2. The van der Waals surface area contributed by atoms with Crippen molar-refractivity contribution in [3.63, 3.8) is 0 Å². The summed E-state index contributed by atoms with van der Waals surface area (Å²) in [5, 5.41) is 0.